The molecule has 0 aliphatic heterocycles. The number of aromatic nitrogens is 2. The van der Waals surface area contributed by atoms with E-state index >= 15 is 0 Å². The van der Waals surface area contributed by atoms with Crippen LogP contribution in [0.1, 0.15) is 45.9 Å². The zero-order valence-corrected chi connectivity index (χ0v) is 23.3. The van der Waals surface area contributed by atoms with E-state index in [1.165, 1.54) is 12.7 Å². The molecule has 1 unspecified atom stereocenters. The predicted octanol–water partition coefficient (Wildman–Crippen LogP) is 7.35. The smallest absolute Gasteiger partial charge is 0.356 e. The zero-order chi connectivity index (χ0) is 29.1. The van der Waals surface area contributed by atoms with Crippen LogP contribution in [0.15, 0.2) is 103 Å². The minimum Gasteiger partial charge on any atom is -0.507 e. The highest BCUT2D eigenvalue weighted by Crippen LogP contribution is 2.42. The molecule has 2 aromatic heterocycles. The fourth-order valence-corrected chi connectivity index (χ4v) is 5.92. The minimum atomic E-state index is -0.434. The molecule has 6 nitrogen and oxygen atoms in total. The van der Waals surface area contributed by atoms with Crippen molar-refractivity contribution in [2.24, 2.45) is 0 Å². The third-order valence-corrected chi connectivity index (χ3v) is 7.98. The molecule has 1 atom stereocenters. The number of ketones is 1. The lowest BCUT2D eigenvalue weighted by Crippen LogP contribution is -2.21. The molecule has 1 aliphatic carbocycles. The largest absolute Gasteiger partial charge is 0.507 e. The van der Waals surface area contributed by atoms with E-state index in [0.29, 0.717) is 30.1 Å². The molecular formula is C36H30N2O4. The van der Waals surface area contributed by atoms with Crippen molar-refractivity contribution in [3.8, 4) is 5.75 Å². The van der Waals surface area contributed by atoms with E-state index < -0.39 is 5.97 Å². The topological polar surface area (TPSA) is 89.4 Å². The van der Waals surface area contributed by atoms with Gasteiger partial charge in [-0.1, -0.05) is 72.8 Å². The summed E-state index contributed by atoms with van der Waals surface area (Å²) < 4.78 is 4.56. The highest BCUT2D eigenvalue weighted by Gasteiger charge is 2.29. The number of carbonyl (C=O) groups is 2. The third kappa shape index (κ3) is 5.31. The van der Waals surface area contributed by atoms with Gasteiger partial charge in [-0.05, 0) is 70.3 Å². The maximum atomic E-state index is 12.7. The Bertz CT molecular complexity index is 1930. The van der Waals surface area contributed by atoms with Gasteiger partial charge in [0.15, 0.2) is 0 Å². The Morgan fingerprint density at radius 3 is 2.50 bits per heavy atom. The van der Waals surface area contributed by atoms with Gasteiger partial charge in [0.2, 0.25) is 0 Å². The highest BCUT2D eigenvalue weighted by atomic mass is 16.5. The number of ether oxygens (including phenoxy) is 1. The molecule has 6 heteroatoms. The lowest BCUT2D eigenvalue weighted by Gasteiger charge is -2.26. The van der Waals surface area contributed by atoms with Crippen molar-refractivity contribution in [3.05, 3.63) is 126 Å². The van der Waals surface area contributed by atoms with Crippen molar-refractivity contribution in [1.82, 2.24) is 9.97 Å². The summed E-state index contributed by atoms with van der Waals surface area (Å²) in [6.07, 6.45) is 6.20. The molecular weight excluding hydrogens is 524 g/mol. The van der Waals surface area contributed by atoms with Crippen LogP contribution < -0.4 is 0 Å². The van der Waals surface area contributed by atoms with Gasteiger partial charge in [0, 0.05) is 29.3 Å². The highest BCUT2D eigenvalue weighted by molar-refractivity contribution is 6.12. The number of esters is 1. The van der Waals surface area contributed by atoms with Crippen LogP contribution >= 0.6 is 0 Å². The maximum absolute atomic E-state index is 12.7. The van der Waals surface area contributed by atoms with Crippen LogP contribution in [0.4, 0.5) is 0 Å². The number of carbonyl (C=O) groups excluding carboxylic acids is 2. The van der Waals surface area contributed by atoms with Crippen LogP contribution in [-0.2, 0) is 22.4 Å². The summed E-state index contributed by atoms with van der Waals surface area (Å²) in [5, 5.41) is 15.9. The molecule has 0 saturated heterocycles. The summed E-state index contributed by atoms with van der Waals surface area (Å²) >= 11 is 0. The van der Waals surface area contributed by atoms with E-state index in [0.717, 1.165) is 56.4 Å². The SMILES string of the molecule is COC(=O)c1cc2cccnc2cn1.O=C1CCc2c(ccc3c2c(O)cc2ccccc23)C1CCc1ccccc1. The van der Waals surface area contributed by atoms with E-state index in [2.05, 4.69) is 45.0 Å². The molecule has 42 heavy (non-hydrogen) atoms. The molecule has 0 saturated carbocycles. The fraction of sp³-hybridized carbons (Fsp3) is 0.167. The van der Waals surface area contributed by atoms with E-state index in [-0.39, 0.29) is 5.92 Å². The van der Waals surface area contributed by atoms with Gasteiger partial charge in [-0.2, -0.15) is 0 Å². The van der Waals surface area contributed by atoms with Gasteiger partial charge < -0.3 is 9.84 Å². The first-order chi connectivity index (χ1) is 20.5. The summed E-state index contributed by atoms with van der Waals surface area (Å²) in [7, 11) is 1.33. The second-order valence-corrected chi connectivity index (χ2v) is 10.5. The van der Waals surface area contributed by atoms with Crippen molar-refractivity contribution in [2.45, 2.75) is 31.6 Å². The quantitative estimate of drug-likeness (QED) is 0.181. The normalized spacial score (nSPS) is 14.3. The van der Waals surface area contributed by atoms with Crippen LogP contribution in [-0.4, -0.2) is 33.9 Å². The van der Waals surface area contributed by atoms with E-state index in [1.54, 1.807) is 18.5 Å². The molecule has 1 aliphatic rings. The number of phenols is 1. The van der Waals surface area contributed by atoms with Crippen LogP contribution in [0.5, 0.6) is 5.75 Å². The van der Waals surface area contributed by atoms with Crippen LogP contribution in [0.3, 0.4) is 0 Å². The lowest BCUT2D eigenvalue weighted by molar-refractivity contribution is -0.121. The Kier molecular flexibility index (Phi) is 7.60. The molecule has 7 rings (SSSR count). The summed E-state index contributed by atoms with van der Waals surface area (Å²) in [6.45, 7) is 0. The van der Waals surface area contributed by atoms with E-state index in [4.69, 9.17) is 0 Å². The fourth-order valence-electron chi connectivity index (χ4n) is 5.92. The summed E-state index contributed by atoms with van der Waals surface area (Å²) in [4.78, 5) is 31.9. The van der Waals surface area contributed by atoms with Gasteiger partial charge in [0.25, 0.3) is 0 Å². The van der Waals surface area contributed by atoms with Gasteiger partial charge in [0.05, 0.1) is 18.8 Å². The first-order valence-corrected chi connectivity index (χ1v) is 14.1. The molecule has 4 aromatic carbocycles. The van der Waals surface area contributed by atoms with E-state index in [1.807, 2.05) is 54.6 Å². The summed E-state index contributed by atoms with van der Waals surface area (Å²) in [5.74, 6) is 0.125. The van der Waals surface area contributed by atoms with Gasteiger partial charge in [0.1, 0.15) is 17.2 Å². The Balaban J connectivity index is 0.000000189. The molecule has 0 amide bonds. The number of Topliss-reactive ketones (excluding diaryl/α,β-unsaturated/α-hetero) is 1. The number of hydrogen-bond donors (Lipinski definition) is 1. The van der Waals surface area contributed by atoms with Gasteiger partial charge in [-0.3, -0.25) is 9.78 Å². The summed E-state index contributed by atoms with van der Waals surface area (Å²) in [6, 6.07) is 29.9. The first-order valence-electron chi connectivity index (χ1n) is 14.1. The third-order valence-electron chi connectivity index (χ3n) is 7.98. The summed E-state index contributed by atoms with van der Waals surface area (Å²) in [5.41, 5.74) is 4.58. The lowest BCUT2D eigenvalue weighted by atomic mass is 9.76. The minimum absolute atomic E-state index is 0.0840. The average Bonchev–Trinajstić information content (AvgIpc) is 3.04. The Hall–Kier alpha value is -5.10. The Morgan fingerprint density at radius 1 is 0.881 bits per heavy atom. The number of pyridine rings is 2. The van der Waals surface area contributed by atoms with Crippen molar-refractivity contribution < 1.29 is 19.4 Å². The van der Waals surface area contributed by atoms with Gasteiger partial charge >= 0.3 is 5.97 Å². The van der Waals surface area contributed by atoms with Crippen LogP contribution in [0.2, 0.25) is 0 Å². The van der Waals surface area contributed by atoms with Crippen LogP contribution in [0.25, 0.3) is 32.4 Å². The second kappa shape index (κ2) is 11.8. The first kappa shape index (κ1) is 27.1. The maximum Gasteiger partial charge on any atom is 0.356 e. The Labute approximate surface area is 243 Å². The molecule has 2 heterocycles. The number of rotatable bonds is 4. The van der Waals surface area contributed by atoms with Crippen molar-refractivity contribution in [2.75, 3.05) is 7.11 Å². The monoisotopic (exact) mass is 554 g/mol. The number of nitrogens with zero attached hydrogens (tertiary/aromatic N) is 2. The number of benzene rings is 4. The number of aryl methyl sites for hydroxylation is 2. The van der Waals surface area contributed by atoms with Crippen molar-refractivity contribution >= 4 is 44.2 Å². The molecule has 1 N–H and O–H groups in total. The molecule has 0 fully saturated rings. The Morgan fingerprint density at radius 2 is 1.67 bits per heavy atom. The van der Waals surface area contributed by atoms with Crippen molar-refractivity contribution in [3.63, 3.8) is 0 Å². The molecule has 0 bridgehead atoms. The zero-order valence-electron chi connectivity index (χ0n) is 23.3. The van der Waals surface area contributed by atoms with Gasteiger partial charge in [-0.15, -0.1) is 0 Å². The van der Waals surface area contributed by atoms with Gasteiger partial charge in [-0.25, -0.2) is 9.78 Å². The number of aromatic hydroxyl groups is 1. The number of hydrogen-bond acceptors (Lipinski definition) is 6. The molecule has 0 spiro atoms. The second-order valence-electron chi connectivity index (χ2n) is 10.5. The number of methoxy groups -OCH3 is 1. The molecule has 0 radical (unpaired) electrons. The van der Waals surface area contributed by atoms with Crippen LogP contribution in [0, 0.1) is 0 Å². The number of phenolic OH excluding ortho intramolecular Hbond substituents is 1. The molecule has 6 aromatic rings. The van der Waals surface area contributed by atoms with Crippen molar-refractivity contribution in [1.29, 1.82) is 0 Å². The standard InChI is InChI=1S/C26H22O2.C10H8N2O2/c27-24-15-14-23-20(21(24)11-10-17-6-2-1-3-7-17)12-13-22-19-9-5-4-8-18(19)16-25(28)26(22)23;1-14-10(13)8-5-7-3-2-4-11-9(7)6-12-8/h1-9,12-13,16,21,28H,10-11,14-15H2;2-6H,1H3. The predicted molar refractivity (Wildman–Crippen MR) is 165 cm³/mol. The van der Waals surface area contributed by atoms with E-state index in [9.17, 15) is 14.7 Å². The molecule has 208 valence electrons. The number of fused-ring (bicyclic) bond motifs is 6. The average molecular weight is 555 g/mol.